The Morgan fingerprint density at radius 2 is 1.04 bits per heavy atom. The molecule has 134 valence electrons. The van der Waals surface area contributed by atoms with Crippen LogP contribution in [-0.4, -0.2) is 14.9 Å². The Hall–Kier alpha value is -2.16. The van der Waals surface area contributed by atoms with Crippen LogP contribution in [0.4, 0.5) is 0 Å². The van der Waals surface area contributed by atoms with Crippen molar-refractivity contribution in [3.05, 3.63) is 89.5 Å². The van der Waals surface area contributed by atoms with E-state index in [0.29, 0.717) is 0 Å². The molecule has 0 bridgehead atoms. The third kappa shape index (κ3) is 3.67. The van der Waals surface area contributed by atoms with Gasteiger partial charge in [-0.1, -0.05) is 96.4 Å². The highest BCUT2D eigenvalue weighted by Crippen LogP contribution is 2.13. The molecule has 0 unspecified atom stereocenters. The third-order valence-corrected chi connectivity index (χ3v) is 8.81. The maximum Gasteiger partial charge on any atom is 0.288 e. The maximum atomic E-state index is 6.84. The molecule has 0 amide bonds. The Balaban J connectivity index is 2.34. The Kier molecular flexibility index (Phi) is 5.75. The highest BCUT2D eigenvalue weighted by Gasteiger charge is 2.42. The molecule has 0 spiro atoms. The van der Waals surface area contributed by atoms with Crippen molar-refractivity contribution in [1.29, 1.82) is 0 Å². The first-order valence-corrected chi connectivity index (χ1v) is 11.3. The van der Waals surface area contributed by atoms with Crippen LogP contribution in [0.1, 0.15) is 30.0 Å². The summed E-state index contributed by atoms with van der Waals surface area (Å²) in [4.78, 5) is 0. The largest absolute Gasteiger partial charge is 0.404 e. The van der Waals surface area contributed by atoms with Gasteiger partial charge in [0.2, 0.25) is 0 Å². The molecule has 0 aliphatic carbocycles. The fourth-order valence-corrected chi connectivity index (χ4v) is 7.89. The Labute approximate surface area is 158 Å². The van der Waals surface area contributed by atoms with E-state index in [9.17, 15) is 0 Å². The van der Waals surface area contributed by atoms with Gasteiger partial charge in [0.25, 0.3) is 8.32 Å². The Bertz CT molecular complexity index is 774. The van der Waals surface area contributed by atoms with Crippen molar-refractivity contribution >= 4 is 23.9 Å². The molecule has 0 aliphatic heterocycles. The van der Waals surface area contributed by atoms with Gasteiger partial charge in [-0.15, -0.1) is 0 Å². The molecule has 0 aromatic heterocycles. The Morgan fingerprint density at radius 3 is 1.35 bits per heavy atom. The van der Waals surface area contributed by atoms with E-state index in [1.807, 2.05) is 0 Å². The zero-order valence-electron chi connectivity index (χ0n) is 16.3. The summed E-state index contributed by atoms with van der Waals surface area (Å²) >= 11 is 0. The van der Waals surface area contributed by atoms with Crippen molar-refractivity contribution in [3.63, 3.8) is 0 Å². The standard InChI is InChI=1S/C24H28OSi/c1-5-15-25-26(22-12-6-9-19(2)16-22,23-13-7-10-20(3)17-23)24-14-8-11-21(4)18-24/h6-14,16-18H,5,15H2,1-4H3. The Morgan fingerprint density at radius 1 is 0.654 bits per heavy atom. The quantitative estimate of drug-likeness (QED) is 0.477. The molecule has 0 radical (unpaired) electrons. The number of hydrogen-bond acceptors (Lipinski definition) is 1. The molecule has 0 fully saturated rings. The van der Waals surface area contributed by atoms with Crippen molar-refractivity contribution in [2.45, 2.75) is 34.1 Å². The van der Waals surface area contributed by atoms with Gasteiger partial charge >= 0.3 is 0 Å². The van der Waals surface area contributed by atoms with E-state index in [-0.39, 0.29) is 0 Å². The first kappa shape index (κ1) is 18.6. The first-order chi connectivity index (χ1) is 12.6. The second-order valence-electron chi connectivity index (χ2n) is 7.14. The lowest BCUT2D eigenvalue weighted by Crippen LogP contribution is -2.69. The maximum absolute atomic E-state index is 6.84. The molecular formula is C24H28OSi. The van der Waals surface area contributed by atoms with Crippen LogP contribution >= 0.6 is 0 Å². The minimum absolute atomic E-state index is 0.766. The first-order valence-electron chi connectivity index (χ1n) is 9.41. The van der Waals surface area contributed by atoms with Crippen molar-refractivity contribution in [3.8, 4) is 0 Å². The highest BCUT2D eigenvalue weighted by atomic mass is 28.4. The van der Waals surface area contributed by atoms with E-state index >= 15 is 0 Å². The van der Waals surface area contributed by atoms with Crippen LogP contribution in [0.25, 0.3) is 0 Å². The van der Waals surface area contributed by atoms with E-state index in [2.05, 4.69) is 100 Å². The summed E-state index contributed by atoms with van der Waals surface area (Å²) in [5, 5.41) is 3.96. The van der Waals surface area contributed by atoms with Gasteiger partial charge in [-0.25, -0.2) is 0 Å². The van der Waals surface area contributed by atoms with Crippen LogP contribution < -0.4 is 15.6 Å². The van der Waals surface area contributed by atoms with Crippen LogP contribution in [0.5, 0.6) is 0 Å². The molecule has 0 saturated heterocycles. The summed E-state index contributed by atoms with van der Waals surface area (Å²) in [6.45, 7) is 9.43. The van der Waals surface area contributed by atoms with Crippen LogP contribution in [-0.2, 0) is 4.43 Å². The van der Waals surface area contributed by atoms with Crippen LogP contribution in [0, 0.1) is 20.8 Å². The zero-order valence-corrected chi connectivity index (χ0v) is 17.3. The summed E-state index contributed by atoms with van der Waals surface area (Å²) in [5.74, 6) is 0. The summed E-state index contributed by atoms with van der Waals surface area (Å²) < 4.78 is 6.84. The van der Waals surface area contributed by atoms with Crippen LogP contribution in [0.2, 0.25) is 0 Å². The van der Waals surface area contributed by atoms with Gasteiger partial charge in [-0.05, 0) is 42.8 Å². The minimum atomic E-state index is -2.54. The van der Waals surface area contributed by atoms with E-state index in [4.69, 9.17) is 4.43 Å². The minimum Gasteiger partial charge on any atom is -0.404 e. The fourth-order valence-electron chi connectivity index (χ4n) is 3.60. The lowest BCUT2D eigenvalue weighted by atomic mass is 10.2. The van der Waals surface area contributed by atoms with Gasteiger partial charge in [0, 0.05) is 6.61 Å². The fraction of sp³-hybridized carbons (Fsp3) is 0.250. The summed E-state index contributed by atoms with van der Waals surface area (Å²) in [5.41, 5.74) is 3.83. The summed E-state index contributed by atoms with van der Waals surface area (Å²) in [6.07, 6.45) is 1.01. The van der Waals surface area contributed by atoms with Crippen LogP contribution in [0.15, 0.2) is 72.8 Å². The van der Waals surface area contributed by atoms with Crippen molar-refractivity contribution in [2.75, 3.05) is 6.61 Å². The highest BCUT2D eigenvalue weighted by molar-refractivity contribution is 7.07. The predicted octanol–water partition coefficient (Wildman–Crippen LogP) is 4.01. The van der Waals surface area contributed by atoms with E-state index in [1.54, 1.807) is 0 Å². The molecule has 26 heavy (non-hydrogen) atoms. The molecule has 1 nitrogen and oxygen atoms in total. The topological polar surface area (TPSA) is 9.23 Å². The van der Waals surface area contributed by atoms with E-state index in [1.165, 1.54) is 32.3 Å². The molecule has 0 atom stereocenters. The molecule has 3 aromatic carbocycles. The normalized spacial score (nSPS) is 11.5. The third-order valence-electron chi connectivity index (χ3n) is 4.80. The molecule has 3 rings (SSSR count). The lowest BCUT2D eigenvalue weighted by molar-refractivity contribution is 0.323. The van der Waals surface area contributed by atoms with Gasteiger partial charge in [0.05, 0.1) is 0 Å². The summed E-state index contributed by atoms with van der Waals surface area (Å²) in [6, 6.07) is 26.6. The van der Waals surface area contributed by atoms with Crippen molar-refractivity contribution in [1.82, 2.24) is 0 Å². The molecule has 0 aliphatic rings. The van der Waals surface area contributed by atoms with E-state index < -0.39 is 8.32 Å². The monoisotopic (exact) mass is 360 g/mol. The average molecular weight is 361 g/mol. The molecule has 3 aromatic rings. The second kappa shape index (κ2) is 8.03. The van der Waals surface area contributed by atoms with Gasteiger partial charge in [0.15, 0.2) is 0 Å². The predicted molar refractivity (Wildman–Crippen MR) is 114 cm³/mol. The molecular weight excluding hydrogens is 332 g/mol. The SMILES string of the molecule is CCCO[Si](c1cccc(C)c1)(c1cccc(C)c1)c1cccc(C)c1. The smallest absolute Gasteiger partial charge is 0.288 e. The number of benzene rings is 3. The number of rotatable bonds is 6. The lowest BCUT2D eigenvalue weighted by Gasteiger charge is -2.33. The van der Waals surface area contributed by atoms with Crippen molar-refractivity contribution in [2.24, 2.45) is 0 Å². The van der Waals surface area contributed by atoms with E-state index in [0.717, 1.165) is 13.0 Å². The zero-order chi connectivity index (χ0) is 18.6. The van der Waals surface area contributed by atoms with Gasteiger partial charge in [-0.2, -0.15) is 0 Å². The van der Waals surface area contributed by atoms with Crippen LogP contribution in [0.3, 0.4) is 0 Å². The second-order valence-corrected chi connectivity index (χ2v) is 10.5. The molecule has 0 heterocycles. The van der Waals surface area contributed by atoms with Gasteiger partial charge in [0.1, 0.15) is 0 Å². The summed E-state index contributed by atoms with van der Waals surface area (Å²) in [7, 11) is -2.54. The van der Waals surface area contributed by atoms with Gasteiger partial charge in [-0.3, -0.25) is 0 Å². The average Bonchev–Trinajstić information content (AvgIpc) is 2.63. The van der Waals surface area contributed by atoms with Crippen molar-refractivity contribution < 1.29 is 4.43 Å². The van der Waals surface area contributed by atoms with Gasteiger partial charge < -0.3 is 4.43 Å². The number of hydrogen-bond donors (Lipinski definition) is 0. The molecule has 0 N–H and O–H groups in total. The molecule has 2 heteroatoms. The molecule has 0 saturated carbocycles. The number of aryl methyl sites for hydroxylation is 3.